The molecule has 0 heterocycles. The summed E-state index contributed by atoms with van der Waals surface area (Å²) in [7, 11) is 0. The first-order valence-electron chi connectivity index (χ1n) is 7.31. The van der Waals surface area contributed by atoms with E-state index in [0.29, 0.717) is 22.4 Å². The molecule has 0 aliphatic rings. The smallest absolute Gasteiger partial charge is 0.325 e. The molecule has 0 aromatic heterocycles. The van der Waals surface area contributed by atoms with E-state index in [1.807, 2.05) is 0 Å². The van der Waals surface area contributed by atoms with Gasteiger partial charge in [-0.05, 0) is 35.9 Å². The predicted molar refractivity (Wildman–Crippen MR) is 88.3 cm³/mol. The minimum absolute atomic E-state index is 0.225. The van der Waals surface area contributed by atoms with E-state index in [1.54, 1.807) is 38.1 Å². The van der Waals surface area contributed by atoms with Crippen molar-refractivity contribution >= 4 is 11.6 Å². The zero-order valence-electron chi connectivity index (χ0n) is 13.2. The van der Waals surface area contributed by atoms with Crippen molar-refractivity contribution in [1.82, 2.24) is 0 Å². The maximum absolute atomic E-state index is 12.9. The van der Waals surface area contributed by atoms with Crippen molar-refractivity contribution in [3.63, 3.8) is 0 Å². The van der Waals surface area contributed by atoms with Gasteiger partial charge in [0.1, 0.15) is 0 Å². The molecule has 2 aromatic rings. The first-order chi connectivity index (χ1) is 11.2. The third-order valence-corrected chi connectivity index (χ3v) is 3.47. The lowest BCUT2D eigenvalue weighted by Gasteiger charge is -2.15. The second-order valence-electron chi connectivity index (χ2n) is 5.63. The normalized spacial score (nSPS) is 11.2. The Balaban J connectivity index is 2.55. The standard InChI is InChI=1S/C19H16F3NO/c1-4-13-8-9-17(23-18(24)12(2)3)16(10-13)14-6-5-7-15(11-14)19(20,21)22/h1,5-12H,2-3H3,(H,23,24). The number of rotatable bonds is 3. The van der Waals surface area contributed by atoms with Crippen LogP contribution in [0.4, 0.5) is 18.9 Å². The van der Waals surface area contributed by atoms with Crippen LogP contribution in [0.3, 0.4) is 0 Å². The Morgan fingerprint density at radius 1 is 1.17 bits per heavy atom. The van der Waals surface area contributed by atoms with E-state index in [0.717, 1.165) is 12.1 Å². The van der Waals surface area contributed by atoms with E-state index in [9.17, 15) is 18.0 Å². The van der Waals surface area contributed by atoms with Gasteiger partial charge in [0.25, 0.3) is 0 Å². The van der Waals surface area contributed by atoms with Gasteiger partial charge in [0, 0.05) is 22.7 Å². The monoisotopic (exact) mass is 331 g/mol. The number of halogens is 3. The van der Waals surface area contributed by atoms with Crippen LogP contribution in [0.15, 0.2) is 42.5 Å². The van der Waals surface area contributed by atoms with Gasteiger partial charge in [-0.2, -0.15) is 13.2 Å². The van der Waals surface area contributed by atoms with Gasteiger partial charge in [0.2, 0.25) is 5.91 Å². The third kappa shape index (κ3) is 3.96. The summed E-state index contributed by atoms with van der Waals surface area (Å²) in [6.07, 6.45) is 0.935. The number of hydrogen-bond acceptors (Lipinski definition) is 1. The molecule has 0 aliphatic heterocycles. The summed E-state index contributed by atoms with van der Waals surface area (Å²) in [5.41, 5.74) is 0.968. The summed E-state index contributed by atoms with van der Waals surface area (Å²) >= 11 is 0. The lowest BCUT2D eigenvalue weighted by Crippen LogP contribution is -2.18. The van der Waals surface area contributed by atoms with Gasteiger partial charge in [-0.25, -0.2) is 0 Å². The first-order valence-corrected chi connectivity index (χ1v) is 7.31. The summed E-state index contributed by atoms with van der Waals surface area (Å²) < 4.78 is 38.8. The van der Waals surface area contributed by atoms with Crippen LogP contribution in [0.2, 0.25) is 0 Å². The molecule has 5 heteroatoms. The summed E-state index contributed by atoms with van der Waals surface area (Å²) in [6, 6.07) is 9.75. The number of anilines is 1. The van der Waals surface area contributed by atoms with Crippen molar-refractivity contribution in [3.8, 4) is 23.5 Å². The minimum Gasteiger partial charge on any atom is -0.325 e. The summed E-state index contributed by atoms with van der Waals surface area (Å²) in [6.45, 7) is 3.46. The minimum atomic E-state index is -4.44. The fraction of sp³-hybridized carbons (Fsp3) is 0.211. The number of carbonyl (C=O) groups excluding carboxylic acids is 1. The van der Waals surface area contributed by atoms with Crippen LogP contribution in [0.1, 0.15) is 25.0 Å². The Morgan fingerprint density at radius 2 is 1.88 bits per heavy atom. The molecule has 0 unspecified atom stereocenters. The number of nitrogens with one attached hydrogen (secondary N) is 1. The predicted octanol–water partition coefficient (Wildman–Crippen LogP) is 4.95. The molecule has 0 bridgehead atoms. The Labute approximate surface area is 138 Å². The highest BCUT2D eigenvalue weighted by molar-refractivity contribution is 5.96. The second-order valence-corrected chi connectivity index (χ2v) is 5.63. The number of terminal acetylenes is 1. The summed E-state index contributed by atoms with van der Waals surface area (Å²) in [5, 5.41) is 2.73. The highest BCUT2D eigenvalue weighted by Gasteiger charge is 2.30. The molecule has 1 amide bonds. The fourth-order valence-corrected chi connectivity index (χ4v) is 2.12. The quantitative estimate of drug-likeness (QED) is 0.792. The number of benzene rings is 2. The molecule has 0 aliphatic carbocycles. The molecule has 0 fully saturated rings. The Bertz CT molecular complexity index is 801. The fourth-order valence-electron chi connectivity index (χ4n) is 2.12. The van der Waals surface area contributed by atoms with Crippen LogP contribution >= 0.6 is 0 Å². The SMILES string of the molecule is C#Cc1ccc(NC(=O)C(C)C)c(-c2cccc(C(F)(F)F)c2)c1. The molecule has 24 heavy (non-hydrogen) atoms. The van der Waals surface area contributed by atoms with Crippen molar-refractivity contribution in [3.05, 3.63) is 53.6 Å². The lowest BCUT2D eigenvalue weighted by molar-refractivity contribution is -0.137. The molecular formula is C19H16F3NO. The Kier molecular flexibility index (Phi) is 4.99. The zero-order valence-corrected chi connectivity index (χ0v) is 13.2. The van der Waals surface area contributed by atoms with Gasteiger partial charge in [0.05, 0.1) is 5.56 Å². The van der Waals surface area contributed by atoms with Crippen molar-refractivity contribution in [1.29, 1.82) is 0 Å². The van der Waals surface area contributed by atoms with Gasteiger partial charge in [-0.1, -0.05) is 31.9 Å². The molecule has 0 atom stereocenters. The molecule has 2 aromatic carbocycles. The number of carbonyl (C=O) groups is 1. The topological polar surface area (TPSA) is 29.1 Å². The van der Waals surface area contributed by atoms with Crippen LogP contribution in [-0.4, -0.2) is 5.91 Å². The average molecular weight is 331 g/mol. The van der Waals surface area contributed by atoms with E-state index < -0.39 is 11.7 Å². The van der Waals surface area contributed by atoms with Gasteiger partial charge in [0.15, 0.2) is 0 Å². The van der Waals surface area contributed by atoms with E-state index in [4.69, 9.17) is 6.42 Å². The summed E-state index contributed by atoms with van der Waals surface area (Å²) in [4.78, 5) is 11.9. The van der Waals surface area contributed by atoms with E-state index in [-0.39, 0.29) is 11.8 Å². The van der Waals surface area contributed by atoms with Gasteiger partial charge in [-0.15, -0.1) is 6.42 Å². The third-order valence-electron chi connectivity index (χ3n) is 3.47. The van der Waals surface area contributed by atoms with Gasteiger partial charge >= 0.3 is 6.18 Å². The van der Waals surface area contributed by atoms with Crippen molar-refractivity contribution in [2.24, 2.45) is 5.92 Å². The number of amides is 1. The molecular weight excluding hydrogens is 315 g/mol. The van der Waals surface area contributed by atoms with E-state index >= 15 is 0 Å². The highest BCUT2D eigenvalue weighted by atomic mass is 19.4. The van der Waals surface area contributed by atoms with Crippen LogP contribution in [-0.2, 0) is 11.0 Å². The van der Waals surface area contributed by atoms with Gasteiger partial charge in [-0.3, -0.25) is 4.79 Å². The van der Waals surface area contributed by atoms with Crippen LogP contribution in [0.5, 0.6) is 0 Å². The highest BCUT2D eigenvalue weighted by Crippen LogP contribution is 2.35. The average Bonchev–Trinajstić information content (AvgIpc) is 2.54. The Hall–Kier alpha value is -2.74. The van der Waals surface area contributed by atoms with Gasteiger partial charge < -0.3 is 5.32 Å². The van der Waals surface area contributed by atoms with Crippen LogP contribution in [0.25, 0.3) is 11.1 Å². The Morgan fingerprint density at radius 3 is 2.46 bits per heavy atom. The molecule has 0 spiro atoms. The maximum Gasteiger partial charge on any atom is 0.416 e. The zero-order chi connectivity index (χ0) is 17.9. The molecule has 2 nitrogen and oxygen atoms in total. The second kappa shape index (κ2) is 6.79. The van der Waals surface area contributed by atoms with E-state index in [2.05, 4.69) is 11.2 Å². The largest absolute Gasteiger partial charge is 0.416 e. The molecule has 1 N–H and O–H groups in total. The first kappa shape index (κ1) is 17.6. The molecule has 2 rings (SSSR count). The number of alkyl halides is 3. The van der Waals surface area contributed by atoms with E-state index in [1.165, 1.54) is 6.07 Å². The molecule has 0 saturated carbocycles. The van der Waals surface area contributed by atoms with Crippen LogP contribution < -0.4 is 5.32 Å². The maximum atomic E-state index is 12.9. The van der Waals surface area contributed by atoms with Crippen LogP contribution in [0, 0.1) is 18.3 Å². The van der Waals surface area contributed by atoms with Crippen molar-refractivity contribution in [2.75, 3.05) is 5.32 Å². The lowest BCUT2D eigenvalue weighted by atomic mass is 9.98. The van der Waals surface area contributed by atoms with Crippen molar-refractivity contribution in [2.45, 2.75) is 20.0 Å². The molecule has 0 saturated heterocycles. The number of hydrogen-bond donors (Lipinski definition) is 1. The molecule has 0 radical (unpaired) electrons. The van der Waals surface area contributed by atoms with Crippen molar-refractivity contribution < 1.29 is 18.0 Å². The summed E-state index contributed by atoms with van der Waals surface area (Å²) in [5.74, 6) is 1.97. The molecule has 124 valence electrons.